The van der Waals surface area contributed by atoms with E-state index < -0.39 is 0 Å². The van der Waals surface area contributed by atoms with Crippen LogP contribution in [-0.2, 0) is 0 Å². The number of benzene rings is 1. The van der Waals surface area contributed by atoms with Crippen LogP contribution in [0.15, 0.2) is 48.7 Å². The van der Waals surface area contributed by atoms with Crippen molar-refractivity contribution in [2.24, 2.45) is 0 Å². The maximum Gasteiger partial charge on any atom is 0.140 e. The third-order valence-corrected chi connectivity index (χ3v) is 2.74. The van der Waals surface area contributed by atoms with Gasteiger partial charge in [-0.3, -0.25) is 0 Å². The van der Waals surface area contributed by atoms with Crippen LogP contribution in [0.1, 0.15) is 5.69 Å². The van der Waals surface area contributed by atoms with E-state index in [1.807, 2.05) is 54.4 Å². The van der Waals surface area contributed by atoms with E-state index in [-0.39, 0.29) is 0 Å². The lowest BCUT2D eigenvalue weighted by Crippen LogP contribution is -2.23. The van der Waals surface area contributed by atoms with Crippen LogP contribution < -0.4 is 9.64 Å². The van der Waals surface area contributed by atoms with Crippen molar-refractivity contribution in [2.75, 3.05) is 25.1 Å². The highest BCUT2D eigenvalue weighted by atomic mass is 16.5. The SMILES string of the molecule is CN(CCOc1ccccc1)c1ccc(C#N)nc1. The Morgan fingerprint density at radius 2 is 2.00 bits per heavy atom. The minimum Gasteiger partial charge on any atom is -0.492 e. The van der Waals surface area contributed by atoms with Crippen LogP contribution >= 0.6 is 0 Å². The van der Waals surface area contributed by atoms with Crippen LogP contribution in [0.3, 0.4) is 0 Å². The lowest BCUT2D eigenvalue weighted by molar-refractivity contribution is 0.326. The molecule has 0 spiro atoms. The van der Waals surface area contributed by atoms with E-state index in [1.54, 1.807) is 12.3 Å². The Morgan fingerprint density at radius 3 is 2.63 bits per heavy atom. The summed E-state index contributed by atoms with van der Waals surface area (Å²) in [6.45, 7) is 1.35. The van der Waals surface area contributed by atoms with Crippen molar-refractivity contribution in [3.8, 4) is 11.8 Å². The van der Waals surface area contributed by atoms with Gasteiger partial charge in [0.1, 0.15) is 24.1 Å². The maximum absolute atomic E-state index is 8.69. The molecule has 0 fully saturated rings. The van der Waals surface area contributed by atoms with Crippen molar-refractivity contribution in [1.82, 2.24) is 4.98 Å². The van der Waals surface area contributed by atoms with Crippen molar-refractivity contribution in [1.29, 1.82) is 5.26 Å². The number of ether oxygens (including phenoxy) is 1. The first-order chi connectivity index (χ1) is 9.29. The second-order valence-electron chi connectivity index (χ2n) is 4.10. The summed E-state index contributed by atoms with van der Waals surface area (Å²) in [4.78, 5) is 6.08. The molecule has 0 aliphatic heterocycles. The minimum absolute atomic E-state index is 0.428. The van der Waals surface area contributed by atoms with Crippen molar-refractivity contribution in [3.05, 3.63) is 54.4 Å². The number of hydrogen-bond acceptors (Lipinski definition) is 4. The molecule has 0 saturated heterocycles. The topological polar surface area (TPSA) is 49.1 Å². The van der Waals surface area contributed by atoms with Crippen molar-refractivity contribution in [3.63, 3.8) is 0 Å². The molecular formula is C15H15N3O. The highest BCUT2D eigenvalue weighted by Crippen LogP contribution is 2.12. The average Bonchev–Trinajstić information content (AvgIpc) is 2.48. The molecule has 1 aromatic heterocycles. The van der Waals surface area contributed by atoms with Gasteiger partial charge in [0.25, 0.3) is 0 Å². The van der Waals surface area contributed by atoms with Crippen molar-refractivity contribution < 1.29 is 4.74 Å². The largest absolute Gasteiger partial charge is 0.492 e. The number of nitrogens with zero attached hydrogens (tertiary/aromatic N) is 3. The van der Waals surface area contributed by atoms with Crippen LogP contribution in [0.4, 0.5) is 5.69 Å². The van der Waals surface area contributed by atoms with E-state index in [0.29, 0.717) is 12.3 Å². The standard InChI is InChI=1S/C15H15N3O/c1-18(14-8-7-13(11-16)17-12-14)9-10-19-15-5-3-2-4-6-15/h2-8,12H,9-10H2,1H3. The van der Waals surface area contributed by atoms with E-state index in [2.05, 4.69) is 4.98 Å². The van der Waals surface area contributed by atoms with Gasteiger partial charge in [-0.05, 0) is 24.3 Å². The molecule has 2 rings (SSSR count). The Hall–Kier alpha value is -2.54. The fraction of sp³-hybridized carbons (Fsp3) is 0.200. The number of anilines is 1. The summed E-state index contributed by atoms with van der Waals surface area (Å²) in [5.74, 6) is 0.869. The van der Waals surface area contributed by atoms with E-state index in [0.717, 1.165) is 18.0 Å². The van der Waals surface area contributed by atoms with Crippen LogP contribution in [0, 0.1) is 11.3 Å². The molecule has 19 heavy (non-hydrogen) atoms. The Kier molecular flexibility index (Phi) is 4.35. The van der Waals surface area contributed by atoms with Gasteiger partial charge in [-0.2, -0.15) is 5.26 Å². The fourth-order valence-electron chi connectivity index (χ4n) is 1.62. The predicted molar refractivity (Wildman–Crippen MR) is 74.2 cm³/mol. The summed E-state index contributed by atoms with van der Waals surface area (Å²) < 4.78 is 5.63. The Balaban J connectivity index is 1.84. The van der Waals surface area contributed by atoms with E-state index in [9.17, 15) is 0 Å². The number of rotatable bonds is 5. The van der Waals surface area contributed by atoms with Crippen molar-refractivity contribution >= 4 is 5.69 Å². The highest BCUT2D eigenvalue weighted by Gasteiger charge is 2.02. The van der Waals surface area contributed by atoms with Gasteiger partial charge in [0, 0.05) is 7.05 Å². The van der Waals surface area contributed by atoms with Gasteiger partial charge in [0.15, 0.2) is 0 Å². The first-order valence-electron chi connectivity index (χ1n) is 6.05. The zero-order valence-electron chi connectivity index (χ0n) is 10.8. The molecule has 4 heteroatoms. The molecule has 0 aliphatic carbocycles. The average molecular weight is 253 g/mol. The van der Waals surface area contributed by atoms with Crippen LogP contribution in [0.5, 0.6) is 5.75 Å². The second-order valence-corrected chi connectivity index (χ2v) is 4.10. The van der Waals surface area contributed by atoms with Gasteiger partial charge in [0.05, 0.1) is 18.4 Å². The Morgan fingerprint density at radius 1 is 1.21 bits per heavy atom. The van der Waals surface area contributed by atoms with Crippen LogP contribution in [0.2, 0.25) is 0 Å². The molecular weight excluding hydrogens is 238 g/mol. The normalized spacial score (nSPS) is 9.68. The minimum atomic E-state index is 0.428. The lowest BCUT2D eigenvalue weighted by Gasteiger charge is -2.19. The Labute approximate surface area is 112 Å². The molecule has 0 N–H and O–H groups in total. The zero-order chi connectivity index (χ0) is 13.5. The maximum atomic E-state index is 8.69. The number of hydrogen-bond donors (Lipinski definition) is 0. The molecule has 0 radical (unpaired) electrons. The number of pyridine rings is 1. The molecule has 2 aromatic rings. The van der Waals surface area contributed by atoms with Gasteiger partial charge in [-0.15, -0.1) is 0 Å². The molecule has 0 bridgehead atoms. The summed E-state index contributed by atoms with van der Waals surface area (Å²) >= 11 is 0. The number of aromatic nitrogens is 1. The summed E-state index contributed by atoms with van der Waals surface area (Å²) in [5.41, 5.74) is 1.40. The number of nitriles is 1. The second kappa shape index (κ2) is 6.41. The summed E-state index contributed by atoms with van der Waals surface area (Å²) in [5, 5.41) is 8.69. The highest BCUT2D eigenvalue weighted by molar-refractivity contribution is 5.44. The van der Waals surface area contributed by atoms with Gasteiger partial charge in [-0.1, -0.05) is 18.2 Å². The summed E-state index contributed by atoms with van der Waals surface area (Å²) in [6.07, 6.45) is 1.70. The van der Waals surface area contributed by atoms with Crippen LogP contribution in [0.25, 0.3) is 0 Å². The third-order valence-electron chi connectivity index (χ3n) is 2.74. The molecule has 1 aromatic carbocycles. The van der Waals surface area contributed by atoms with Gasteiger partial charge >= 0.3 is 0 Å². The van der Waals surface area contributed by atoms with E-state index in [1.165, 1.54) is 0 Å². The monoisotopic (exact) mass is 253 g/mol. The molecule has 0 atom stereocenters. The number of likely N-dealkylation sites (N-methyl/N-ethyl adjacent to an activating group) is 1. The molecule has 1 heterocycles. The lowest BCUT2D eigenvalue weighted by atomic mass is 10.3. The van der Waals surface area contributed by atoms with Gasteiger partial charge in [0.2, 0.25) is 0 Å². The molecule has 4 nitrogen and oxygen atoms in total. The smallest absolute Gasteiger partial charge is 0.140 e. The van der Waals surface area contributed by atoms with Crippen LogP contribution in [-0.4, -0.2) is 25.2 Å². The van der Waals surface area contributed by atoms with E-state index in [4.69, 9.17) is 10.00 Å². The molecule has 96 valence electrons. The molecule has 0 amide bonds. The van der Waals surface area contributed by atoms with Crippen molar-refractivity contribution in [2.45, 2.75) is 0 Å². The van der Waals surface area contributed by atoms with E-state index >= 15 is 0 Å². The quantitative estimate of drug-likeness (QED) is 0.821. The first-order valence-corrected chi connectivity index (χ1v) is 6.05. The summed E-state index contributed by atoms with van der Waals surface area (Å²) in [6, 6.07) is 15.3. The first kappa shape index (κ1) is 12.9. The molecule has 0 aliphatic rings. The zero-order valence-corrected chi connectivity index (χ0v) is 10.8. The summed E-state index contributed by atoms with van der Waals surface area (Å²) in [7, 11) is 1.97. The number of para-hydroxylation sites is 1. The van der Waals surface area contributed by atoms with Gasteiger partial charge < -0.3 is 9.64 Å². The third kappa shape index (κ3) is 3.71. The Bertz CT molecular complexity index is 546. The fourth-order valence-corrected chi connectivity index (χ4v) is 1.62. The molecule has 0 saturated carbocycles. The van der Waals surface area contributed by atoms with Gasteiger partial charge in [-0.25, -0.2) is 4.98 Å². The predicted octanol–water partition coefficient (Wildman–Crippen LogP) is 2.47. The molecule has 0 unspecified atom stereocenters.